The first-order valence-corrected chi connectivity index (χ1v) is 8.44. The molecule has 2 amide bonds. The van der Waals surface area contributed by atoms with E-state index in [2.05, 4.69) is 5.32 Å². The van der Waals surface area contributed by atoms with Gasteiger partial charge in [0.1, 0.15) is 12.3 Å². The summed E-state index contributed by atoms with van der Waals surface area (Å²) >= 11 is 11.9. The van der Waals surface area contributed by atoms with Gasteiger partial charge in [0.15, 0.2) is 6.10 Å². The number of aryl methyl sites for hydroxylation is 1. The molecular formula is C18H16Cl2N2O3. The van der Waals surface area contributed by atoms with Crippen LogP contribution in [0.5, 0.6) is 5.75 Å². The maximum Gasteiger partial charge on any atom is 0.268 e. The zero-order valence-corrected chi connectivity index (χ0v) is 15.2. The minimum Gasteiger partial charge on any atom is -0.479 e. The SMILES string of the molecule is Cc1ccc2c(c1)N(CC(=O)Nc1cc(Cl)cc(Cl)c1)C(=O)C(C)O2. The molecule has 0 bridgehead atoms. The fourth-order valence-electron chi connectivity index (χ4n) is 2.65. The molecule has 0 fully saturated rings. The van der Waals surface area contributed by atoms with Crippen LogP contribution in [0.2, 0.25) is 10.0 Å². The molecule has 0 aromatic heterocycles. The first-order valence-electron chi connectivity index (χ1n) is 7.68. The summed E-state index contributed by atoms with van der Waals surface area (Å²) in [4.78, 5) is 26.3. The highest BCUT2D eigenvalue weighted by Crippen LogP contribution is 2.34. The molecule has 1 aliphatic rings. The zero-order valence-electron chi connectivity index (χ0n) is 13.7. The number of fused-ring (bicyclic) bond motifs is 1. The molecule has 1 heterocycles. The van der Waals surface area contributed by atoms with Crippen molar-refractivity contribution in [1.29, 1.82) is 0 Å². The maximum atomic E-state index is 12.5. The minimum atomic E-state index is -0.649. The molecule has 0 aliphatic carbocycles. The van der Waals surface area contributed by atoms with Gasteiger partial charge in [-0.15, -0.1) is 0 Å². The van der Waals surface area contributed by atoms with Gasteiger partial charge in [0.05, 0.1) is 5.69 Å². The Morgan fingerprint density at radius 2 is 1.88 bits per heavy atom. The summed E-state index contributed by atoms with van der Waals surface area (Å²) in [6, 6.07) is 10.3. The number of nitrogens with zero attached hydrogens (tertiary/aromatic N) is 1. The van der Waals surface area contributed by atoms with Crippen LogP contribution in [0.15, 0.2) is 36.4 Å². The molecule has 0 spiro atoms. The largest absolute Gasteiger partial charge is 0.479 e. The molecule has 25 heavy (non-hydrogen) atoms. The van der Waals surface area contributed by atoms with Gasteiger partial charge in [0.25, 0.3) is 5.91 Å². The van der Waals surface area contributed by atoms with E-state index in [4.69, 9.17) is 27.9 Å². The number of carbonyl (C=O) groups excluding carboxylic acids is 2. The number of ether oxygens (including phenoxy) is 1. The number of nitrogens with one attached hydrogen (secondary N) is 1. The third kappa shape index (κ3) is 3.89. The standard InChI is InChI=1S/C18H16Cl2N2O3/c1-10-3-4-16-15(5-10)22(18(24)11(2)25-16)9-17(23)21-14-7-12(19)6-13(20)8-14/h3-8,11H,9H2,1-2H3,(H,21,23). The quantitative estimate of drug-likeness (QED) is 0.875. The summed E-state index contributed by atoms with van der Waals surface area (Å²) < 4.78 is 5.60. The second kappa shape index (κ2) is 6.94. The zero-order chi connectivity index (χ0) is 18.1. The smallest absolute Gasteiger partial charge is 0.268 e. The normalized spacial score (nSPS) is 16.2. The van der Waals surface area contributed by atoms with E-state index >= 15 is 0 Å². The number of amides is 2. The molecule has 0 saturated carbocycles. The Hall–Kier alpha value is -2.24. The van der Waals surface area contributed by atoms with Crippen LogP contribution in [0, 0.1) is 6.92 Å². The number of anilines is 2. The Kier molecular flexibility index (Phi) is 4.88. The van der Waals surface area contributed by atoms with E-state index in [-0.39, 0.29) is 18.4 Å². The molecule has 5 nitrogen and oxygen atoms in total. The van der Waals surface area contributed by atoms with E-state index in [0.29, 0.717) is 27.2 Å². The molecule has 7 heteroatoms. The van der Waals surface area contributed by atoms with Crippen LogP contribution < -0.4 is 15.0 Å². The van der Waals surface area contributed by atoms with Crippen LogP contribution in [-0.2, 0) is 9.59 Å². The summed E-state index contributed by atoms with van der Waals surface area (Å²) in [6.07, 6.45) is -0.649. The second-order valence-corrected chi connectivity index (χ2v) is 6.73. The van der Waals surface area contributed by atoms with Crippen molar-refractivity contribution in [2.45, 2.75) is 20.0 Å². The molecule has 0 saturated heterocycles. The second-order valence-electron chi connectivity index (χ2n) is 5.86. The van der Waals surface area contributed by atoms with E-state index in [1.54, 1.807) is 31.2 Å². The number of hydrogen-bond acceptors (Lipinski definition) is 3. The number of hydrogen-bond donors (Lipinski definition) is 1. The number of halogens is 2. The lowest BCUT2D eigenvalue weighted by Crippen LogP contribution is -2.47. The van der Waals surface area contributed by atoms with E-state index < -0.39 is 6.10 Å². The Morgan fingerprint density at radius 1 is 1.20 bits per heavy atom. The lowest BCUT2D eigenvalue weighted by Gasteiger charge is -2.32. The summed E-state index contributed by atoms with van der Waals surface area (Å²) in [5.74, 6) is -0.0399. The third-order valence-electron chi connectivity index (χ3n) is 3.77. The van der Waals surface area contributed by atoms with Gasteiger partial charge in [0, 0.05) is 15.7 Å². The Labute approximate surface area is 155 Å². The van der Waals surface area contributed by atoms with Gasteiger partial charge in [-0.25, -0.2) is 0 Å². The molecule has 130 valence electrons. The van der Waals surface area contributed by atoms with Gasteiger partial charge in [0.2, 0.25) is 5.91 Å². The van der Waals surface area contributed by atoms with Gasteiger partial charge in [-0.1, -0.05) is 29.3 Å². The van der Waals surface area contributed by atoms with Gasteiger partial charge in [-0.3, -0.25) is 14.5 Å². The highest BCUT2D eigenvalue weighted by atomic mass is 35.5. The number of rotatable bonds is 3. The van der Waals surface area contributed by atoms with Crippen molar-refractivity contribution >= 4 is 46.4 Å². The summed E-state index contributed by atoms with van der Waals surface area (Å²) in [6.45, 7) is 3.44. The Bertz CT molecular complexity index is 834. The molecule has 1 aliphatic heterocycles. The lowest BCUT2D eigenvalue weighted by molar-refractivity contribution is -0.127. The molecule has 0 radical (unpaired) electrons. The van der Waals surface area contributed by atoms with Crippen molar-refractivity contribution in [2.24, 2.45) is 0 Å². The van der Waals surface area contributed by atoms with Crippen LogP contribution in [0.1, 0.15) is 12.5 Å². The average Bonchev–Trinajstić information content (AvgIpc) is 2.51. The van der Waals surface area contributed by atoms with Crippen LogP contribution in [0.3, 0.4) is 0 Å². The topological polar surface area (TPSA) is 58.6 Å². The fourth-order valence-corrected chi connectivity index (χ4v) is 3.18. The molecule has 1 N–H and O–H groups in total. The predicted molar refractivity (Wildman–Crippen MR) is 98.7 cm³/mol. The molecular weight excluding hydrogens is 363 g/mol. The van der Waals surface area contributed by atoms with Crippen LogP contribution in [-0.4, -0.2) is 24.5 Å². The van der Waals surface area contributed by atoms with Crippen molar-refractivity contribution in [2.75, 3.05) is 16.8 Å². The monoisotopic (exact) mass is 378 g/mol. The molecule has 2 aromatic rings. The van der Waals surface area contributed by atoms with Crippen LogP contribution in [0.25, 0.3) is 0 Å². The van der Waals surface area contributed by atoms with Crippen LogP contribution >= 0.6 is 23.2 Å². The Balaban J connectivity index is 1.82. The van der Waals surface area contributed by atoms with Crippen LogP contribution in [0.4, 0.5) is 11.4 Å². The minimum absolute atomic E-state index is 0.132. The van der Waals surface area contributed by atoms with Gasteiger partial charge >= 0.3 is 0 Å². The highest BCUT2D eigenvalue weighted by molar-refractivity contribution is 6.35. The first-order chi connectivity index (χ1) is 11.8. The highest BCUT2D eigenvalue weighted by Gasteiger charge is 2.32. The average molecular weight is 379 g/mol. The summed E-state index contributed by atoms with van der Waals surface area (Å²) in [5, 5.41) is 3.54. The Morgan fingerprint density at radius 3 is 2.56 bits per heavy atom. The van der Waals surface area contributed by atoms with Crippen molar-refractivity contribution in [3.05, 3.63) is 52.0 Å². The van der Waals surface area contributed by atoms with E-state index in [0.717, 1.165) is 5.56 Å². The summed E-state index contributed by atoms with van der Waals surface area (Å²) in [7, 11) is 0. The molecule has 1 unspecified atom stereocenters. The van der Waals surface area contributed by atoms with E-state index in [9.17, 15) is 9.59 Å². The van der Waals surface area contributed by atoms with Crippen molar-refractivity contribution in [3.8, 4) is 5.75 Å². The van der Waals surface area contributed by atoms with Crippen molar-refractivity contribution < 1.29 is 14.3 Å². The maximum absolute atomic E-state index is 12.5. The molecule has 3 rings (SSSR count). The molecule has 1 atom stereocenters. The van der Waals surface area contributed by atoms with Crippen molar-refractivity contribution in [1.82, 2.24) is 0 Å². The molecule has 2 aromatic carbocycles. The number of carbonyl (C=O) groups is 2. The summed E-state index contributed by atoms with van der Waals surface area (Å²) in [5.41, 5.74) is 2.03. The van der Waals surface area contributed by atoms with E-state index in [1.165, 1.54) is 4.90 Å². The van der Waals surface area contributed by atoms with Crippen molar-refractivity contribution in [3.63, 3.8) is 0 Å². The van der Waals surface area contributed by atoms with Gasteiger partial charge < -0.3 is 10.1 Å². The first kappa shape index (κ1) is 17.6. The number of benzene rings is 2. The lowest BCUT2D eigenvalue weighted by atomic mass is 10.1. The third-order valence-corrected chi connectivity index (χ3v) is 4.21. The fraction of sp³-hybridized carbons (Fsp3) is 0.222. The van der Waals surface area contributed by atoms with E-state index in [1.807, 2.05) is 19.1 Å². The van der Waals surface area contributed by atoms with Gasteiger partial charge in [-0.05, 0) is 49.7 Å². The van der Waals surface area contributed by atoms with Gasteiger partial charge in [-0.2, -0.15) is 0 Å². The predicted octanol–water partition coefficient (Wildman–Crippen LogP) is 4.05.